The average Bonchev–Trinajstić information content (AvgIpc) is 3.63. The van der Waals surface area contributed by atoms with Crippen LogP contribution in [-0.2, 0) is 22.6 Å². The second kappa shape index (κ2) is 9.94. The molecular weight excluding hydrogens is 388 g/mol. The van der Waals surface area contributed by atoms with Crippen LogP contribution in [0.25, 0.3) is 0 Å². The van der Waals surface area contributed by atoms with E-state index in [1.165, 1.54) is 0 Å². The van der Waals surface area contributed by atoms with Gasteiger partial charge in [0.1, 0.15) is 11.8 Å². The summed E-state index contributed by atoms with van der Waals surface area (Å²) in [6, 6.07) is 26.3. The Morgan fingerprint density at radius 3 is 2.39 bits per heavy atom. The summed E-state index contributed by atoms with van der Waals surface area (Å²) in [5.41, 5.74) is 6.06. The van der Waals surface area contributed by atoms with Gasteiger partial charge in [0, 0.05) is 29.8 Å². The van der Waals surface area contributed by atoms with Crippen LogP contribution in [-0.4, -0.2) is 22.9 Å². The molecule has 1 fully saturated rings. The quantitative estimate of drug-likeness (QED) is 0.351. The molecular formula is C26H26N2O3. The fourth-order valence-corrected chi connectivity index (χ4v) is 3.24. The Morgan fingerprint density at radius 2 is 1.68 bits per heavy atom. The van der Waals surface area contributed by atoms with Crippen molar-refractivity contribution in [1.82, 2.24) is 0 Å². The first-order chi connectivity index (χ1) is 15.2. The molecule has 3 aromatic carbocycles. The van der Waals surface area contributed by atoms with Crippen LogP contribution >= 0.6 is 0 Å². The molecule has 2 N–H and O–H groups in total. The van der Waals surface area contributed by atoms with Crippen LogP contribution in [0.1, 0.15) is 41.5 Å². The summed E-state index contributed by atoms with van der Waals surface area (Å²) < 4.78 is 0. The van der Waals surface area contributed by atoms with Crippen LogP contribution in [0.3, 0.4) is 0 Å². The molecule has 0 bridgehead atoms. The minimum atomic E-state index is -0.775. The van der Waals surface area contributed by atoms with Crippen molar-refractivity contribution in [3.05, 3.63) is 101 Å². The molecule has 0 unspecified atom stereocenters. The second-order valence-corrected chi connectivity index (χ2v) is 7.76. The number of hydrogen-bond donors (Lipinski definition) is 2. The van der Waals surface area contributed by atoms with Gasteiger partial charge in [0.15, 0.2) is 0 Å². The predicted octanol–water partition coefficient (Wildman–Crippen LogP) is 5.25. The van der Waals surface area contributed by atoms with E-state index in [1.807, 2.05) is 60.7 Å². The number of rotatable bonds is 10. The number of oxime groups is 1. The average molecular weight is 415 g/mol. The number of carboxylic acid groups (broad SMARTS) is 1. The molecule has 5 heteroatoms. The molecule has 1 aliphatic rings. The van der Waals surface area contributed by atoms with Crippen molar-refractivity contribution in [1.29, 1.82) is 0 Å². The molecule has 0 saturated heterocycles. The minimum absolute atomic E-state index is 0.148. The van der Waals surface area contributed by atoms with Gasteiger partial charge in [-0.2, -0.15) is 0 Å². The Balaban J connectivity index is 1.44. The highest BCUT2D eigenvalue weighted by Crippen LogP contribution is 2.25. The van der Waals surface area contributed by atoms with Gasteiger partial charge in [-0.1, -0.05) is 65.8 Å². The van der Waals surface area contributed by atoms with Crippen LogP contribution in [0.4, 0.5) is 5.69 Å². The maximum Gasteiger partial charge on any atom is 0.303 e. The third kappa shape index (κ3) is 6.19. The van der Waals surface area contributed by atoms with Gasteiger partial charge in [-0.15, -0.1) is 0 Å². The lowest BCUT2D eigenvalue weighted by atomic mass is 10.0. The van der Waals surface area contributed by atoms with E-state index < -0.39 is 5.97 Å². The number of nitrogens with zero attached hydrogens (tertiary/aromatic N) is 1. The first-order valence-corrected chi connectivity index (χ1v) is 10.6. The van der Waals surface area contributed by atoms with Crippen LogP contribution in [0.5, 0.6) is 0 Å². The third-order valence-electron chi connectivity index (χ3n) is 5.14. The Hall–Kier alpha value is -3.60. The summed E-state index contributed by atoms with van der Waals surface area (Å²) >= 11 is 0. The highest BCUT2D eigenvalue weighted by Gasteiger charge is 2.24. The van der Waals surface area contributed by atoms with Crippen LogP contribution in [0, 0.1) is 0 Å². The van der Waals surface area contributed by atoms with Crippen molar-refractivity contribution in [2.24, 2.45) is 5.16 Å². The van der Waals surface area contributed by atoms with Gasteiger partial charge in [0.25, 0.3) is 0 Å². The van der Waals surface area contributed by atoms with Crippen molar-refractivity contribution in [3.63, 3.8) is 0 Å². The van der Waals surface area contributed by atoms with Gasteiger partial charge in [0.05, 0.1) is 0 Å². The molecule has 4 rings (SSSR count). The highest BCUT2D eigenvalue weighted by atomic mass is 16.6. The van der Waals surface area contributed by atoms with Crippen molar-refractivity contribution >= 4 is 17.4 Å². The lowest BCUT2D eigenvalue weighted by molar-refractivity contribution is -0.136. The van der Waals surface area contributed by atoms with Gasteiger partial charge in [-0.3, -0.25) is 4.79 Å². The molecule has 1 aliphatic carbocycles. The number of carbonyl (C=O) groups is 1. The molecule has 0 spiro atoms. The van der Waals surface area contributed by atoms with Crippen molar-refractivity contribution < 1.29 is 14.7 Å². The Kier molecular flexibility index (Phi) is 6.62. The molecule has 0 aromatic heterocycles. The SMILES string of the molecule is O=C(O)CCc1ccc(NCc2cccc(C(=NOC3CC3)c3ccccc3)c2)cc1. The molecule has 0 aliphatic heterocycles. The van der Waals surface area contributed by atoms with Crippen LogP contribution in [0.2, 0.25) is 0 Å². The van der Waals surface area contributed by atoms with E-state index in [4.69, 9.17) is 9.94 Å². The molecule has 31 heavy (non-hydrogen) atoms. The number of aliphatic carboxylic acids is 1. The number of carboxylic acids is 1. The number of aryl methyl sites for hydroxylation is 1. The van der Waals surface area contributed by atoms with Gasteiger partial charge < -0.3 is 15.3 Å². The zero-order valence-electron chi connectivity index (χ0n) is 17.3. The molecule has 0 atom stereocenters. The van der Waals surface area contributed by atoms with Crippen LogP contribution < -0.4 is 5.32 Å². The van der Waals surface area contributed by atoms with Crippen molar-refractivity contribution in [2.75, 3.05) is 5.32 Å². The van der Waals surface area contributed by atoms with Gasteiger partial charge >= 0.3 is 5.97 Å². The standard InChI is InChI=1S/C26H26N2O3/c29-25(30)16-11-19-9-12-23(13-10-19)27-18-20-5-4-8-22(17-20)26(28-31-24-14-15-24)21-6-2-1-3-7-21/h1-10,12-13,17,24,27H,11,14-16,18H2,(H,29,30). The van der Waals surface area contributed by atoms with Crippen molar-refractivity contribution in [3.8, 4) is 0 Å². The summed E-state index contributed by atoms with van der Waals surface area (Å²) in [4.78, 5) is 16.4. The number of anilines is 1. The van der Waals surface area contributed by atoms with E-state index in [1.54, 1.807) is 0 Å². The molecule has 158 valence electrons. The molecule has 5 nitrogen and oxygen atoms in total. The third-order valence-corrected chi connectivity index (χ3v) is 5.14. The predicted molar refractivity (Wildman–Crippen MR) is 122 cm³/mol. The topological polar surface area (TPSA) is 70.9 Å². The van der Waals surface area contributed by atoms with Gasteiger partial charge in [-0.05, 0) is 48.6 Å². The molecule has 3 aromatic rings. The Bertz CT molecular complexity index is 1040. The molecule has 0 amide bonds. The fraction of sp³-hybridized carbons (Fsp3) is 0.231. The van der Waals surface area contributed by atoms with E-state index >= 15 is 0 Å². The maximum absolute atomic E-state index is 10.7. The van der Waals surface area contributed by atoms with E-state index in [2.05, 4.69) is 28.7 Å². The maximum atomic E-state index is 10.7. The molecule has 1 saturated carbocycles. The molecule has 0 heterocycles. The minimum Gasteiger partial charge on any atom is -0.481 e. The summed E-state index contributed by atoms with van der Waals surface area (Å²) in [5.74, 6) is -0.775. The van der Waals surface area contributed by atoms with Crippen LogP contribution in [0.15, 0.2) is 84.0 Å². The first kappa shape index (κ1) is 20.7. The monoisotopic (exact) mass is 414 g/mol. The van der Waals surface area contributed by atoms with E-state index in [-0.39, 0.29) is 12.5 Å². The Morgan fingerprint density at radius 1 is 0.935 bits per heavy atom. The number of hydrogen-bond acceptors (Lipinski definition) is 4. The smallest absolute Gasteiger partial charge is 0.303 e. The summed E-state index contributed by atoms with van der Waals surface area (Å²) in [6.45, 7) is 0.674. The highest BCUT2D eigenvalue weighted by molar-refractivity contribution is 6.12. The zero-order chi connectivity index (χ0) is 21.5. The van der Waals surface area contributed by atoms with Gasteiger partial charge in [0.2, 0.25) is 0 Å². The van der Waals surface area contributed by atoms with E-state index in [9.17, 15) is 4.79 Å². The van der Waals surface area contributed by atoms with Crippen molar-refractivity contribution in [2.45, 2.75) is 38.3 Å². The summed E-state index contributed by atoms with van der Waals surface area (Å²) in [7, 11) is 0. The second-order valence-electron chi connectivity index (χ2n) is 7.76. The first-order valence-electron chi connectivity index (χ1n) is 10.6. The zero-order valence-corrected chi connectivity index (χ0v) is 17.3. The summed E-state index contributed by atoms with van der Waals surface area (Å²) in [5, 5.41) is 16.7. The van der Waals surface area contributed by atoms with E-state index in [0.717, 1.165) is 46.5 Å². The lowest BCUT2D eigenvalue weighted by Crippen LogP contribution is -2.07. The largest absolute Gasteiger partial charge is 0.481 e. The lowest BCUT2D eigenvalue weighted by Gasteiger charge is -2.11. The number of benzene rings is 3. The van der Waals surface area contributed by atoms with E-state index in [0.29, 0.717) is 13.0 Å². The molecule has 0 radical (unpaired) electrons. The fourth-order valence-electron chi connectivity index (χ4n) is 3.24. The normalized spacial score (nSPS) is 13.6. The number of nitrogens with one attached hydrogen (secondary N) is 1. The summed E-state index contributed by atoms with van der Waals surface area (Å²) in [6.07, 6.45) is 3.09. The van der Waals surface area contributed by atoms with Gasteiger partial charge in [-0.25, -0.2) is 0 Å². The Labute approximate surface area is 182 Å².